The van der Waals surface area contributed by atoms with Crippen LogP contribution in [-0.2, 0) is 4.79 Å². The summed E-state index contributed by atoms with van der Waals surface area (Å²) in [5, 5.41) is 0. The van der Waals surface area contributed by atoms with Gasteiger partial charge in [0.05, 0.1) is 0 Å². The van der Waals surface area contributed by atoms with Crippen molar-refractivity contribution in [3.8, 4) is 0 Å². The zero-order valence-electron chi connectivity index (χ0n) is 22.3. The lowest BCUT2D eigenvalue weighted by atomic mass is 9.71. The second kappa shape index (κ2) is 15.4. The van der Waals surface area contributed by atoms with Crippen molar-refractivity contribution in [3.05, 3.63) is 0 Å². The average molecular weight is 449 g/mol. The maximum absolute atomic E-state index is 13.2. The number of carbonyl (C=O) groups excluding carboxylic acids is 1. The number of hydrogen-bond acceptors (Lipinski definition) is 2. The summed E-state index contributed by atoms with van der Waals surface area (Å²) in [6.07, 6.45) is 20.8. The van der Waals surface area contributed by atoms with Crippen molar-refractivity contribution in [1.29, 1.82) is 0 Å². The minimum atomic E-state index is 0.293. The second-order valence-corrected chi connectivity index (χ2v) is 11.4. The number of amides is 1. The normalized spacial score (nSPS) is 18.7. The van der Waals surface area contributed by atoms with Gasteiger partial charge in [-0.05, 0) is 31.6 Å². The fourth-order valence-electron chi connectivity index (χ4n) is 6.13. The summed E-state index contributed by atoms with van der Waals surface area (Å²) in [5.41, 5.74) is 0.449. The van der Waals surface area contributed by atoms with Gasteiger partial charge in [0.2, 0.25) is 5.91 Å². The van der Waals surface area contributed by atoms with Crippen molar-refractivity contribution in [2.45, 2.75) is 130 Å². The molecule has 0 aliphatic carbocycles. The highest BCUT2D eigenvalue weighted by Gasteiger charge is 2.53. The lowest BCUT2D eigenvalue weighted by Crippen LogP contribution is -2.73. The fraction of sp³-hybridized carbons (Fsp3) is 0.966. The molecule has 188 valence electrons. The zero-order chi connectivity index (χ0) is 23.2. The van der Waals surface area contributed by atoms with Gasteiger partial charge in [0.25, 0.3) is 0 Å². The molecule has 0 radical (unpaired) electrons. The Hall–Kier alpha value is -0.570. The van der Waals surface area contributed by atoms with Crippen LogP contribution in [0.5, 0.6) is 0 Å². The first kappa shape index (κ1) is 27.7. The molecule has 2 fully saturated rings. The van der Waals surface area contributed by atoms with Crippen LogP contribution in [-0.4, -0.2) is 48.4 Å². The number of carbonyl (C=O) groups is 1. The minimum Gasteiger partial charge on any atom is -0.341 e. The predicted molar refractivity (Wildman–Crippen MR) is 139 cm³/mol. The predicted octanol–water partition coefficient (Wildman–Crippen LogP) is 7.68. The molecule has 2 heterocycles. The molecule has 0 aromatic carbocycles. The Morgan fingerprint density at radius 3 is 1.72 bits per heavy atom. The summed E-state index contributed by atoms with van der Waals surface area (Å²) in [7, 11) is 0. The van der Waals surface area contributed by atoms with Crippen LogP contribution in [0.15, 0.2) is 0 Å². The topological polar surface area (TPSA) is 23.6 Å². The van der Waals surface area contributed by atoms with Gasteiger partial charge in [-0.2, -0.15) is 0 Å². The molecule has 1 unspecified atom stereocenters. The quantitative estimate of drug-likeness (QED) is 0.189. The summed E-state index contributed by atoms with van der Waals surface area (Å²) in [6, 6.07) is 0. The molecule has 0 saturated carbocycles. The highest BCUT2D eigenvalue weighted by atomic mass is 16.2. The molecule has 1 spiro atoms. The van der Waals surface area contributed by atoms with Crippen LogP contribution in [0.1, 0.15) is 130 Å². The number of nitrogens with zero attached hydrogens (tertiary/aromatic N) is 2. The van der Waals surface area contributed by atoms with Crippen LogP contribution in [0.2, 0.25) is 0 Å². The lowest BCUT2D eigenvalue weighted by molar-refractivity contribution is -0.164. The Balaban J connectivity index is 1.72. The van der Waals surface area contributed by atoms with Crippen LogP contribution >= 0.6 is 0 Å². The number of hydrogen-bond donors (Lipinski definition) is 0. The summed E-state index contributed by atoms with van der Waals surface area (Å²) >= 11 is 0. The summed E-state index contributed by atoms with van der Waals surface area (Å²) in [5.74, 6) is 1.67. The average Bonchev–Trinajstić information content (AvgIpc) is 2.73. The molecule has 1 amide bonds. The van der Waals surface area contributed by atoms with E-state index in [1.807, 2.05) is 0 Å². The summed E-state index contributed by atoms with van der Waals surface area (Å²) in [6.45, 7) is 15.0. The van der Waals surface area contributed by atoms with E-state index in [9.17, 15) is 4.79 Å². The van der Waals surface area contributed by atoms with E-state index in [-0.39, 0.29) is 0 Å². The van der Waals surface area contributed by atoms with Gasteiger partial charge in [-0.1, -0.05) is 105 Å². The maximum Gasteiger partial charge on any atom is 0.225 e. The molecule has 0 N–H and O–H groups in total. The molecule has 0 bridgehead atoms. The van der Waals surface area contributed by atoms with Crippen molar-refractivity contribution in [3.63, 3.8) is 0 Å². The molecule has 2 saturated heterocycles. The summed E-state index contributed by atoms with van der Waals surface area (Å²) in [4.78, 5) is 18.1. The molecule has 2 aliphatic heterocycles. The van der Waals surface area contributed by atoms with E-state index in [0.29, 0.717) is 17.2 Å². The van der Waals surface area contributed by atoms with Crippen LogP contribution in [0.25, 0.3) is 0 Å². The van der Waals surface area contributed by atoms with Gasteiger partial charge in [0.1, 0.15) is 0 Å². The van der Waals surface area contributed by atoms with Gasteiger partial charge in [-0.25, -0.2) is 0 Å². The van der Waals surface area contributed by atoms with Crippen LogP contribution in [0.4, 0.5) is 0 Å². The third-order valence-corrected chi connectivity index (χ3v) is 8.09. The van der Waals surface area contributed by atoms with E-state index in [1.54, 1.807) is 0 Å². The van der Waals surface area contributed by atoms with Crippen molar-refractivity contribution in [2.75, 3.05) is 32.7 Å². The van der Waals surface area contributed by atoms with Crippen LogP contribution in [0.3, 0.4) is 0 Å². The SMILES string of the molecule is CCCCCCC(CCCC)C(=O)N1CC2(CN(CC(CCCCC)CCCCC)C2)C1. The van der Waals surface area contributed by atoms with Crippen LogP contribution < -0.4 is 0 Å². The van der Waals surface area contributed by atoms with Gasteiger partial charge < -0.3 is 9.80 Å². The van der Waals surface area contributed by atoms with Crippen LogP contribution in [0, 0.1) is 17.3 Å². The van der Waals surface area contributed by atoms with Gasteiger partial charge in [0, 0.05) is 44.1 Å². The van der Waals surface area contributed by atoms with Crippen molar-refractivity contribution >= 4 is 5.91 Å². The van der Waals surface area contributed by atoms with Gasteiger partial charge in [-0.3, -0.25) is 4.79 Å². The van der Waals surface area contributed by atoms with Crippen molar-refractivity contribution < 1.29 is 4.79 Å². The minimum absolute atomic E-state index is 0.293. The molecule has 2 rings (SSSR count). The highest BCUT2D eigenvalue weighted by molar-refractivity contribution is 5.80. The molecule has 3 heteroatoms. The smallest absolute Gasteiger partial charge is 0.225 e. The highest BCUT2D eigenvalue weighted by Crippen LogP contribution is 2.41. The van der Waals surface area contributed by atoms with E-state index in [4.69, 9.17) is 0 Å². The Morgan fingerprint density at radius 1 is 0.656 bits per heavy atom. The first-order chi connectivity index (χ1) is 15.6. The summed E-state index contributed by atoms with van der Waals surface area (Å²) < 4.78 is 0. The molecule has 32 heavy (non-hydrogen) atoms. The van der Waals surface area contributed by atoms with E-state index < -0.39 is 0 Å². The Morgan fingerprint density at radius 2 is 1.16 bits per heavy atom. The fourth-order valence-corrected chi connectivity index (χ4v) is 6.13. The molecular formula is C29H56N2O. The lowest BCUT2D eigenvalue weighted by Gasteiger charge is -2.61. The zero-order valence-corrected chi connectivity index (χ0v) is 22.3. The van der Waals surface area contributed by atoms with E-state index in [0.717, 1.165) is 31.8 Å². The van der Waals surface area contributed by atoms with Gasteiger partial charge >= 0.3 is 0 Å². The third-order valence-electron chi connectivity index (χ3n) is 8.09. The largest absolute Gasteiger partial charge is 0.341 e. The Kier molecular flexibility index (Phi) is 13.3. The molecule has 1 atom stereocenters. The third kappa shape index (κ3) is 8.99. The number of likely N-dealkylation sites (tertiary alicyclic amines) is 2. The molecule has 2 aliphatic rings. The molecule has 0 aromatic rings. The van der Waals surface area contributed by atoms with E-state index in [2.05, 4.69) is 37.5 Å². The molecule has 3 nitrogen and oxygen atoms in total. The number of rotatable bonds is 19. The molecular weight excluding hydrogens is 392 g/mol. The van der Waals surface area contributed by atoms with Crippen molar-refractivity contribution in [1.82, 2.24) is 9.80 Å². The Bertz CT molecular complexity index is 481. The van der Waals surface area contributed by atoms with Gasteiger partial charge in [-0.15, -0.1) is 0 Å². The maximum atomic E-state index is 13.2. The van der Waals surface area contributed by atoms with Gasteiger partial charge in [0.15, 0.2) is 0 Å². The van der Waals surface area contributed by atoms with Crippen molar-refractivity contribution in [2.24, 2.45) is 17.3 Å². The Labute approximate surface area is 201 Å². The second-order valence-electron chi connectivity index (χ2n) is 11.4. The monoisotopic (exact) mass is 448 g/mol. The standard InChI is InChI=1S/C29H56N2O/c1-5-9-13-16-20-27(19-12-8-4)28(32)31-24-29(25-31)22-30(23-29)21-26(17-14-10-6-2)18-15-11-7-3/h26-27H,5-25H2,1-4H3. The van der Waals surface area contributed by atoms with E-state index >= 15 is 0 Å². The number of unbranched alkanes of at least 4 members (excludes halogenated alkanes) is 8. The first-order valence-corrected chi connectivity index (χ1v) is 14.6. The van der Waals surface area contributed by atoms with E-state index in [1.165, 1.54) is 110 Å². The first-order valence-electron chi connectivity index (χ1n) is 14.6. The molecule has 0 aromatic heterocycles.